The Kier molecular flexibility index (Phi) is 6.57. The van der Waals surface area contributed by atoms with Crippen LogP contribution in [0, 0.1) is 0 Å². The second kappa shape index (κ2) is 9.52. The molecule has 1 aliphatic rings. The number of fused-ring (bicyclic) bond motifs is 1. The molecular formula is C27H33N3O. The maximum Gasteiger partial charge on any atom is 0.193 e. The number of nitrogen functional groups attached to an aromatic ring is 1. The Morgan fingerprint density at radius 3 is 2.65 bits per heavy atom. The zero-order valence-corrected chi connectivity index (χ0v) is 18.7. The van der Waals surface area contributed by atoms with E-state index in [9.17, 15) is 4.79 Å². The summed E-state index contributed by atoms with van der Waals surface area (Å²) >= 11 is 0. The predicted octanol–water partition coefficient (Wildman–Crippen LogP) is 5.43. The lowest BCUT2D eigenvalue weighted by Gasteiger charge is -2.25. The van der Waals surface area contributed by atoms with Crippen LogP contribution in [0.3, 0.4) is 0 Å². The molecule has 0 aliphatic carbocycles. The number of benzene rings is 2. The van der Waals surface area contributed by atoms with Crippen LogP contribution in [-0.2, 0) is 6.42 Å². The van der Waals surface area contributed by atoms with Gasteiger partial charge in [-0.25, -0.2) is 0 Å². The molecule has 3 aromatic rings. The van der Waals surface area contributed by atoms with Gasteiger partial charge in [-0.2, -0.15) is 0 Å². The van der Waals surface area contributed by atoms with Crippen molar-refractivity contribution in [2.75, 3.05) is 25.5 Å². The molecule has 31 heavy (non-hydrogen) atoms. The molecule has 0 bridgehead atoms. The average Bonchev–Trinajstić information content (AvgIpc) is 3.14. The summed E-state index contributed by atoms with van der Waals surface area (Å²) in [6.45, 7) is 7.59. The molecular weight excluding hydrogens is 382 g/mol. The van der Waals surface area contributed by atoms with Gasteiger partial charge in [0.05, 0.1) is 5.52 Å². The fraction of sp³-hybridized carbons (Fsp3) is 0.370. The van der Waals surface area contributed by atoms with E-state index < -0.39 is 0 Å². The fourth-order valence-corrected chi connectivity index (χ4v) is 4.54. The van der Waals surface area contributed by atoms with E-state index in [0.29, 0.717) is 0 Å². The third-order valence-electron chi connectivity index (χ3n) is 6.28. The minimum Gasteiger partial charge on any atom is -0.339 e. The van der Waals surface area contributed by atoms with E-state index >= 15 is 0 Å². The molecule has 0 amide bonds. The average molecular weight is 416 g/mol. The van der Waals surface area contributed by atoms with Gasteiger partial charge in [-0.3, -0.25) is 14.4 Å². The van der Waals surface area contributed by atoms with Gasteiger partial charge >= 0.3 is 0 Å². The largest absolute Gasteiger partial charge is 0.339 e. The molecule has 4 heteroatoms. The van der Waals surface area contributed by atoms with Gasteiger partial charge in [0, 0.05) is 41.4 Å². The van der Waals surface area contributed by atoms with Crippen molar-refractivity contribution in [2.24, 2.45) is 0 Å². The number of hydrogen-bond donors (Lipinski definition) is 1. The fourth-order valence-electron chi connectivity index (χ4n) is 4.54. The second-order valence-corrected chi connectivity index (χ2v) is 8.59. The van der Waals surface area contributed by atoms with E-state index in [-0.39, 0.29) is 5.78 Å². The number of nitrogens with zero attached hydrogens (tertiary/aromatic N) is 2. The lowest BCUT2D eigenvalue weighted by molar-refractivity contribution is 0.103. The molecule has 2 N–H and O–H groups in total. The number of hydrogen-bond acceptors (Lipinski definition) is 3. The number of ketones is 1. The van der Waals surface area contributed by atoms with Crippen molar-refractivity contribution in [3.05, 3.63) is 77.0 Å². The Bertz CT molecular complexity index is 1110. The summed E-state index contributed by atoms with van der Waals surface area (Å²) in [6.07, 6.45) is 9.82. The molecule has 0 atom stereocenters. The maximum atomic E-state index is 13.3. The molecule has 4 nitrogen and oxygen atoms in total. The molecule has 1 aliphatic heterocycles. The third kappa shape index (κ3) is 4.59. The van der Waals surface area contributed by atoms with Crippen molar-refractivity contribution < 1.29 is 4.79 Å². The first-order valence-corrected chi connectivity index (χ1v) is 11.6. The Labute approximate surface area is 185 Å². The smallest absolute Gasteiger partial charge is 0.193 e. The van der Waals surface area contributed by atoms with Gasteiger partial charge in [-0.05, 0) is 67.6 Å². The molecule has 2 heterocycles. The number of aromatic nitrogens is 1. The number of rotatable bonds is 8. The first-order chi connectivity index (χ1) is 15.1. The molecule has 0 saturated heterocycles. The highest BCUT2D eigenvalue weighted by molar-refractivity contribution is 6.11. The number of carbonyl (C=O) groups is 1. The first-order valence-electron chi connectivity index (χ1n) is 11.6. The van der Waals surface area contributed by atoms with Gasteiger partial charge in [0.25, 0.3) is 0 Å². The normalized spacial score (nSPS) is 14.7. The molecule has 162 valence electrons. The molecule has 0 unspecified atom stereocenters. The van der Waals surface area contributed by atoms with Gasteiger partial charge in [-0.15, -0.1) is 0 Å². The van der Waals surface area contributed by atoms with Gasteiger partial charge < -0.3 is 5.84 Å². The monoisotopic (exact) mass is 415 g/mol. The van der Waals surface area contributed by atoms with Crippen LogP contribution in [0.25, 0.3) is 16.5 Å². The minimum absolute atomic E-state index is 0.0720. The maximum absolute atomic E-state index is 13.3. The minimum atomic E-state index is 0.0720. The summed E-state index contributed by atoms with van der Waals surface area (Å²) in [5.74, 6) is 6.33. The van der Waals surface area contributed by atoms with E-state index in [2.05, 4.69) is 30.9 Å². The third-order valence-corrected chi connectivity index (χ3v) is 6.28. The quantitative estimate of drug-likeness (QED) is 0.394. The van der Waals surface area contributed by atoms with Crippen molar-refractivity contribution in [2.45, 2.75) is 46.0 Å². The van der Waals surface area contributed by atoms with E-state index in [1.807, 2.05) is 42.6 Å². The Hall–Kier alpha value is -2.85. The van der Waals surface area contributed by atoms with Crippen LogP contribution in [0.5, 0.6) is 0 Å². The summed E-state index contributed by atoms with van der Waals surface area (Å²) in [4.78, 5) is 15.7. The molecule has 0 radical (unpaired) electrons. The zero-order valence-electron chi connectivity index (χ0n) is 18.7. The van der Waals surface area contributed by atoms with Crippen molar-refractivity contribution in [3.63, 3.8) is 0 Å². The highest BCUT2D eigenvalue weighted by Gasteiger charge is 2.18. The van der Waals surface area contributed by atoms with Crippen LogP contribution < -0.4 is 5.84 Å². The van der Waals surface area contributed by atoms with Crippen molar-refractivity contribution >= 4 is 22.3 Å². The van der Waals surface area contributed by atoms with Crippen LogP contribution >= 0.6 is 0 Å². The summed E-state index contributed by atoms with van der Waals surface area (Å²) < 4.78 is 1.68. The lowest BCUT2D eigenvalue weighted by atomic mass is 9.95. The Morgan fingerprint density at radius 2 is 1.90 bits per heavy atom. The molecule has 0 saturated carbocycles. The summed E-state index contributed by atoms with van der Waals surface area (Å²) in [7, 11) is 0. The van der Waals surface area contributed by atoms with E-state index in [0.717, 1.165) is 72.9 Å². The van der Waals surface area contributed by atoms with Crippen molar-refractivity contribution in [1.29, 1.82) is 0 Å². The highest BCUT2D eigenvalue weighted by Crippen LogP contribution is 2.31. The standard InChI is InChI=1S/C27H33N3O/c1-3-5-7-20-8-6-9-22(17-20)27(31)23-10-11-26-24(18-23)25(19-30(26)28)21-12-15-29(14-4-2)16-13-21/h6,8-12,17-19H,3-5,7,13-16,28H2,1-2H3. The van der Waals surface area contributed by atoms with Crippen LogP contribution in [0.4, 0.5) is 0 Å². The van der Waals surface area contributed by atoms with E-state index in [4.69, 9.17) is 5.84 Å². The summed E-state index contributed by atoms with van der Waals surface area (Å²) in [6, 6.07) is 14.0. The Morgan fingerprint density at radius 1 is 1.06 bits per heavy atom. The van der Waals surface area contributed by atoms with Gasteiger partial charge in [0.15, 0.2) is 5.78 Å². The van der Waals surface area contributed by atoms with Crippen LogP contribution in [0.2, 0.25) is 0 Å². The van der Waals surface area contributed by atoms with Crippen molar-refractivity contribution in [1.82, 2.24) is 9.58 Å². The number of nitrogens with two attached hydrogens (primary N) is 1. The summed E-state index contributed by atoms with van der Waals surface area (Å²) in [5.41, 5.74) is 6.14. The molecule has 1 aromatic heterocycles. The zero-order chi connectivity index (χ0) is 21.8. The number of unbranched alkanes of at least 4 members (excludes halogenated alkanes) is 1. The lowest BCUT2D eigenvalue weighted by Crippen LogP contribution is -2.29. The van der Waals surface area contributed by atoms with E-state index in [1.54, 1.807) is 4.68 Å². The Balaban J connectivity index is 1.65. The van der Waals surface area contributed by atoms with Gasteiger partial charge in [0.1, 0.15) is 0 Å². The number of carbonyl (C=O) groups excluding carboxylic acids is 1. The topological polar surface area (TPSA) is 51.3 Å². The van der Waals surface area contributed by atoms with Gasteiger partial charge in [-0.1, -0.05) is 44.5 Å². The summed E-state index contributed by atoms with van der Waals surface area (Å²) in [5, 5.41) is 1.06. The van der Waals surface area contributed by atoms with Crippen LogP contribution in [-0.4, -0.2) is 35.0 Å². The highest BCUT2D eigenvalue weighted by atomic mass is 16.1. The van der Waals surface area contributed by atoms with Gasteiger partial charge in [0.2, 0.25) is 0 Å². The van der Waals surface area contributed by atoms with E-state index in [1.165, 1.54) is 17.6 Å². The second-order valence-electron chi connectivity index (χ2n) is 8.59. The molecule has 0 fully saturated rings. The first kappa shape index (κ1) is 21.4. The van der Waals surface area contributed by atoms with Crippen LogP contribution in [0.15, 0.2) is 54.7 Å². The van der Waals surface area contributed by atoms with Crippen LogP contribution in [0.1, 0.15) is 66.6 Å². The van der Waals surface area contributed by atoms with Crippen molar-refractivity contribution in [3.8, 4) is 0 Å². The SMILES string of the molecule is CCCCc1cccc(C(=O)c2ccc3c(c2)c(C2=CCN(CCC)CC2)cn3N)c1. The molecule has 0 spiro atoms. The molecule has 4 rings (SSSR count). The predicted molar refractivity (Wildman–Crippen MR) is 130 cm³/mol. The molecule has 2 aromatic carbocycles. The number of aryl methyl sites for hydroxylation is 1.